The van der Waals surface area contributed by atoms with Crippen LogP contribution >= 0.6 is 0 Å². The average Bonchev–Trinajstić information content (AvgIpc) is 2.88. The topological polar surface area (TPSA) is 70.2 Å². The van der Waals surface area contributed by atoms with E-state index in [4.69, 9.17) is 4.74 Å². The van der Waals surface area contributed by atoms with Gasteiger partial charge < -0.3 is 9.30 Å². The fourth-order valence-electron chi connectivity index (χ4n) is 2.72. The Kier molecular flexibility index (Phi) is 3.90. The summed E-state index contributed by atoms with van der Waals surface area (Å²) in [5.41, 5.74) is 0.111. The Hall–Kier alpha value is -3.03. The van der Waals surface area contributed by atoms with Crippen molar-refractivity contribution < 1.29 is 18.4 Å². The third kappa shape index (κ3) is 3.02. The summed E-state index contributed by atoms with van der Waals surface area (Å²) in [6.45, 7) is 3.45. The van der Waals surface area contributed by atoms with E-state index < -0.39 is 22.2 Å². The SMILES string of the molecule is Cn1c(C(C)(C)Oc2ccc(F)c(F)c2)nc2cc([N+](=O)[O-])ccc21. The maximum Gasteiger partial charge on any atom is 0.271 e. The summed E-state index contributed by atoms with van der Waals surface area (Å²) in [7, 11) is 1.76. The highest BCUT2D eigenvalue weighted by molar-refractivity contribution is 5.78. The normalized spacial score (nSPS) is 11.7. The van der Waals surface area contributed by atoms with Crippen molar-refractivity contribution >= 4 is 16.7 Å². The van der Waals surface area contributed by atoms with Crippen LogP contribution in [0.2, 0.25) is 0 Å². The molecule has 0 atom stereocenters. The lowest BCUT2D eigenvalue weighted by molar-refractivity contribution is -0.384. The standard InChI is InChI=1S/C17H15F2N3O3/c1-17(2,25-11-5-6-12(18)13(19)9-11)16-20-14-8-10(22(23)24)4-7-15(14)21(16)3/h4-9H,1-3H3. The zero-order valence-electron chi connectivity index (χ0n) is 13.8. The minimum atomic E-state index is -1.01. The molecule has 0 N–H and O–H groups in total. The smallest absolute Gasteiger partial charge is 0.271 e. The molecule has 0 bridgehead atoms. The highest BCUT2D eigenvalue weighted by Gasteiger charge is 2.29. The van der Waals surface area contributed by atoms with Crippen molar-refractivity contribution in [3.63, 3.8) is 0 Å². The summed E-state index contributed by atoms with van der Waals surface area (Å²) < 4.78 is 34.0. The molecule has 0 unspecified atom stereocenters. The average molecular weight is 347 g/mol. The second-order valence-electron chi connectivity index (χ2n) is 6.11. The molecule has 1 heterocycles. The van der Waals surface area contributed by atoms with Gasteiger partial charge in [0.15, 0.2) is 23.1 Å². The summed E-state index contributed by atoms with van der Waals surface area (Å²) in [5.74, 6) is -1.32. The van der Waals surface area contributed by atoms with Crippen LogP contribution in [-0.2, 0) is 12.6 Å². The van der Waals surface area contributed by atoms with Gasteiger partial charge in [0.25, 0.3) is 5.69 Å². The van der Waals surface area contributed by atoms with Crippen molar-refractivity contribution in [2.24, 2.45) is 7.05 Å². The number of non-ortho nitro benzene ring substituents is 1. The van der Waals surface area contributed by atoms with Crippen molar-refractivity contribution in [3.05, 3.63) is 64.0 Å². The number of hydrogen-bond donors (Lipinski definition) is 0. The van der Waals surface area contributed by atoms with Gasteiger partial charge in [0, 0.05) is 25.2 Å². The number of imidazole rings is 1. The van der Waals surface area contributed by atoms with E-state index in [-0.39, 0.29) is 11.4 Å². The highest BCUT2D eigenvalue weighted by atomic mass is 19.2. The number of halogens is 2. The molecule has 0 saturated carbocycles. The van der Waals surface area contributed by atoms with Crippen LogP contribution in [0.3, 0.4) is 0 Å². The first-order valence-corrected chi connectivity index (χ1v) is 7.44. The largest absolute Gasteiger partial charge is 0.480 e. The zero-order chi connectivity index (χ0) is 18.4. The number of benzene rings is 2. The number of nitro groups is 1. The predicted molar refractivity (Wildman–Crippen MR) is 87.4 cm³/mol. The van der Waals surface area contributed by atoms with E-state index in [0.717, 1.165) is 12.1 Å². The first-order chi connectivity index (χ1) is 11.7. The van der Waals surface area contributed by atoms with Gasteiger partial charge in [-0.25, -0.2) is 13.8 Å². The molecule has 0 amide bonds. The maximum absolute atomic E-state index is 13.4. The Morgan fingerprint density at radius 2 is 1.88 bits per heavy atom. The van der Waals surface area contributed by atoms with Gasteiger partial charge in [-0.05, 0) is 32.0 Å². The van der Waals surface area contributed by atoms with Crippen LogP contribution in [0.15, 0.2) is 36.4 Å². The molecule has 3 rings (SSSR count). The fraction of sp³-hybridized carbons (Fsp3) is 0.235. The molecule has 0 radical (unpaired) electrons. The van der Waals surface area contributed by atoms with E-state index in [1.54, 1.807) is 31.5 Å². The Morgan fingerprint density at radius 1 is 1.16 bits per heavy atom. The summed E-state index contributed by atoms with van der Waals surface area (Å²) in [4.78, 5) is 14.9. The van der Waals surface area contributed by atoms with E-state index in [9.17, 15) is 18.9 Å². The first-order valence-electron chi connectivity index (χ1n) is 7.44. The number of nitrogens with zero attached hydrogens (tertiary/aromatic N) is 3. The molecular formula is C17H15F2N3O3. The van der Waals surface area contributed by atoms with Crippen LogP contribution in [0, 0.1) is 21.7 Å². The number of rotatable bonds is 4. The summed E-state index contributed by atoms with van der Waals surface area (Å²) in [5, 5.41) is 10.9. The van der Waals surface area contributed by atoms with Gasteiger partial charge >= 0.3 is 0 Å². The summed E-state index contributed by atoms with van der Waals surface area (Å²) >= 11 is 0. The molecule has 0 aliphatic carbocycles. The van der Waals surface area contributed by atoms with Crippen LogP contribution in [0.4, 0.5) is 14.5 Å². The van der Waals surface area contributed by atoms with Crippen molar-refractivity contribution in [2.75, 3.05) is 0 Å². The van der Waals surface area contributed by atoms with E-state index in [1.807, 2.05) is 0 Å². The van der Waals surface area contributed by atoms with Crippen molar-refractivity contribution in [3.8, 4) is 5.75 Å². The molecule has 0 fully saturated rings. The highest BCUT2D eigenvalue weighted by Crippen LogP contribution is 2.31. The fourth-order valence-corrected chi connectivity index (χ4v) is 2.72. The number of ether oxygens (including phenoxy) is 1. The molecular weight excluding hydrogens is 332 g/mol. The molecule has 2 aromatic carbocycles. The number of fused-ring (bicyclic) bond motifs is 1. The van der Waals surface area contributed by atoms with Gasteiger partial charge in [-0.1, -0.05) is 0 Å². The number of hydrogen-bond acceptors (Lipinski definition) is 4. The van der Waals surface area contributed by atoms with Crippen LogP contribution in [0.5, 0.6) is 5.75 Å². The van der Waals surface area contributed by atoms with Gasteiger partial charge in [-0.3, -0.25) is 10.1 Å². The van der Waals surface area contributed by atoms with E-state index in [1.165, 1.54) is 18.2 Å². The lowest BCUT2D eigenvalue weighted by Crippen LogP contribution is -2.29. The quantitative estimate of drug-likeness (QED) is 0.527. The monoisotopic (exact) mass is 347 g/mol. The predicted octanol–water partition coefficient (Wildman–Crippen LogP) is 4.07. The van der Waals surface area contributed by atoms with Gasteiger partial charge in [-0.15, -0.1) is 0 Å². The minimum absolute atomic E-state index is 0.0588. The summed E-state index contributed by atoms with van der Waals surface area (Å²) in [6.07, 6.45) is 0. The maximum atomic E-state index is 13.4. The molecule has 0 aliphatic heterocycles. The summed E-state index contributed by atoms with van der Waals surface area (Å²) in [6, 6.07) is 7.67. The van der Waals surface area contributed by atoms with Crippen LogP contribution in [0.25, 0.3) is 11.0 Å². The lowest BCUT2D eigenvalue weighted by Gasteiger charge is -2.26. The molecule has 1 aromatic heterocycles. The second-order valence-corrected chi connectivity index (χ2v) is 6.11. The van der Waals surface area contributed by atoms with Gasteiger partial charge in [0.1, 0.15) is 5.75 Å². The van der Waals surface area contributed by atoms with Crippen LogP contribution in [-0.4, -0.2) is 14.5 Å². The Labute approximate surface area is 141 Å². The van der Waals surface area contributed by atoms with E-state index in [0.29, 0.717) is 16.9 Å². The van der Waals surface area contributed by atoms with Crippen molar-refractivity contribution in [1.29, 1.82) is 0 Å². The minimum Gasteiger partial charge on any atom is -0.480 e. The van der Waals surface area contributed by atoms with Gasteiger partial charge in [0.2, 0.25) is 0 Å². The van der Waals surface area contributed by atoms with E-state index in [2.05, 4.69) is 4.98 Å². The molecule has 0 aliphatic rings. The third-order valence-electron chi connectivity index (χ3n) is 3.88. The van der Waals surface area contributed by atoms with E-state index >= 15 is 0 Å². The Balaban J connectivity index is 2.02. The van der Waals surface area contributed by atoms with Gasteiger partial charge in [-0.2, -0.15) is 0 Å². The van der Waals surface area contributed by atoms with Gasteiger partial charge in [0.05, 0.1) is 16.0 Å². The van der Waals surface area contributed by atoms with Crippen molar-refractivity contribution in [1.82, 2.24) is 9.55 Å². The van der Waals surface area contributed by atoms with Crippen LogP contribution in [0.1, 0.15) is 19.7 Å². The Bertz CT molecular complexity index is 983. The molecule has 130 valence electrons. The molecule has 0 saturated heterocycles. The molecule has 8 heteroatoms. The molecule has 3 aromatic rings. The lowest BCUT2D eigenvalue weighted by atomic mass is 10.1. The Morgan fingerprint density at radius 3 is 2.52 bits per heavy atom. The zero-order valence-corrected chi connectivity index (χ0v) is 13.8. The molecule has 25 heavy (non-hydrogen) atoms. The van der Waals surface area contributed by atoms with Crippen molar-refractivity contribution in [2.45, 2.75) is 19.4 Å². The molecule has 0 spiro atoms. The number of aryl methyl sites for hydroxylation is 1. The van der Waals surface area contributed by atoms with Crippen LogP contribution < -0.4 is 4.74 Å². The second kappa shape index (κ2) is 5.80. The third-order valence-corrected chi connectivity index (χ3v) is 3.88. The first kappa shape index (κ1) is 16.8. The number of nitro benzene ring substituents is 1. The molecule has 6 nitrogen and oxygen atoms in total. The number of aromatic nitrogens is 2.